The second kappa shape index (κ2) is 18.9. The maximum absolute atomic E-state index is 13.7. The molecule has 0 bridgehead atoms. The van der Waals surface area contributed by atoms with E-state index in [0.717, 1.165) is 24.0 Å². The molecule has 5 rings (SSSR count). The second-order valence-corrected chi connectivity index (χ2v) is 16.9. The van der Waals surface area contributed by atoms with E-state index >= 15 is 0 Å². The summed E-state index contributed by atoms with van der Waals surface area (Å²) >= 11 is 0. The number of nitrogens with one attached hydrogen (secondary N) is 4. The van der Waals surface area contributed by atoms with Crippen LogP contribution in [0.3, 0.4) is 0 Å². The molecule has 312 valence electrons. The van der Waals surface area contributed by atoms with E-state index in [2.05, 4.69) is 37.8 Å². The van der Waals surface area contributed by atoms with Gasteiger partial charge < -0.3 is 40.4 Å². The number of hydrogen-bond donors (Lipinski definition) is 5. The van der Waals surface area contributed by atoms with Gasteiger partial charge in [-0.25, -0.2) is 14.6 Å². The molecule has 3 aromatic rings. The van der Waals surface area contributed by atoms with E-state index in [0.29, 0.717) is 49.4 Å². The van der Waals surface area contributed by atoms with Gasteiger partial charge in [-0.15, -0.1) is 0 Å². The van der Waals surface area contributed by atoms with Crippen LogP contribution in [-0.2, 0) is 19.1 Å². The number of imidazole rings is 1. The molecule has 1 aromatic heterocycles. The van der Waals surface area contributed by atoms with Crippen molar-refractivity contribution in [2.75, 3.05) is 13.1 Å². The summed E-state index contributed by atoms with van der Waals surface area (Å²) in [6, 6.07) is 14.1. The number of aromatic nitrogens is 2. The lowest BCUT2D eigenvalue weighted by Crippen LogP contribution is -2.53. The number of hydrogen-bond acceptors (Lipinski definition) is 9. The highest BCUT2D eigenvalue weighted by molar-refractivity contribution is 5.86. The first-order valence-corrected chi connectivity index (χ1v) is 20.2. The zero-order valence-electron chi connectivity index (χ0n) is 34.9. The molecule has 2 saturated heterocycles. The van der Waals surface area contributed by atoms with E-state index in [1.165, 1.54) is 0 Å². The molecular formula is C44H59N7O7. The lowest BCUT2D eigenvalue weighted by atomic mass is 10.0. The van der Waals surface area contributed by atoms with Gasteiger partial charge in [0.2, 0.25) is 11.8 Å². The number of ether oxygens (including phenoxy) is 2. The molecular weight excluding hydrogens is 739 g/mol. The van der Waals surface area contributed by atoms with Crippen LogP contribution in [-0.4, -0.2) is 91.5 Å². The maximum atomic E-state index is 13.7. The van der Waals surface area contributed by atoms with Crippen molar-refractivity contribution in [1.82, 2.24) is 35.7 Å². The average Bonchev–Trinajstić information content (AvgIpc) is 3.95. The van der Waals surface area contributed by atoms with Gasteiger partial charge in [-0.1, -0.05) is 55.3 Å². The molecule has 14 heteroatoms. The van der Waals surface area contributed by atoms with Gasteiger partial charge in [-0.2, -0.15) is 0 Å². The Hall–Kier alpha value is -5.39. The van der Waals surface area contributed by atoms with Crippen molar-refractivity contribution in [3.05, 3.63) is 89.0 Å². The summed E-state index contributed by atoms with van der Waals surface area (Å²) in [4.78, 5) is 63.7. The molecule has 58 heavy (non-hydrogen) atoms. The predicted molar refractivity (Wildman–Crippen MR) is 219 cm³/mol. The number of aliphatic hydroxyl groups is 1. The lowest BCUT2D eigenvalue weighted by molar-refractivity contribution is -0.134. The van der Waals surface area contributed by atoms with E-state index in [9.17, 15) is 24.3 Å². The first-order chi connectivity index (χ1) is 27.4. The molecule has 6 atom stereocenters. The van der Waals surface area contributed by atoms with E-state index in [1.54, 1.807) is 57.5 Å². The monoisotopic (exact) mass is 797 g/mol. The largest absolute Gasteiger partial charge is 0.444 e. The highest BCUT2D eigenvalue weighted by Crippen LogP contribution is 2.31. The van der Waals surface area contributed by atoms with Gasteiger partial charge in [0.1, 0.15) is 35.0 Å². The Bertz CT molecular complexity index is 1940. The normalized spacial score (nSPS) is 19.2. The van der Waals surface area contributed by atoms with Crippen molar-refractivity contribution >= 4 is 24.0 Å². The summed E-state index contributed by atoms with van der Waals surface area (Å²) in [6.45, 7) is 15.5. The molecule has 2 aliphatic rings. The average molecular weight is 798 g/mol. The third kappa shape index (κ3) is 11.8. The molecule has 0 radical (unpaired) electrons. The summed E-state index contributed by atoms with van der Waals surface area (Å²) in [5.74, 6) is 6.55. The zero-order valence-corrected chi connectivity index (χ0v) is 34.9. The molecule has 2 aliphatic heterocycles. The number of H-pyrrole nitrogens is 1. The van der Waals surface area contributed by atoms with Gasteiger partial charge >= 0.3 is 12.2 Å². The predicted octanol–water partition coefficient (Wildman–Crippen LogP) is 6.00. The molecule has 6 unspecified atom stereocenters. The minimum atomic E-state index is -1.17. The van der Waals surface area contributed by atoms with Crippen LogP contribution in [0.2, 0.25) is 0 Å². The van der Waals surface area contributed by atoms with Crippen LogP contribution in [0.5, 0.6) is 0 Å². The fourth-order valence-electron chi connectivity index (χ4n) is 7.26. The van der Waals surface area contributed by atoms with Crippen molar-refractivity contribution in [3.63, 3.8) is 0 Å². The Morgan fingerprint density at radius 1 is 0.862 bits per heavy atom. The summed E-state index contributed by atoms with van der Waals surface area (Å²) in [6.07, 6.45) is 2.47. The topological polar surface area (TPSA) is 178 Å². The van der Waals surface area contributed by atoms with Crippen molar-refractivity contribution in [1.29, 1.82) is 0 Å². The van der Waals surface area contributed by atoms with Crippen LogP contribution in [0.4, 0.5) is 9.59 Å². The number of alkyl carbamates (subject to hydrolysis) is 2. The molecule has 0 spiro atoms. The van der Waals surface area contributed by atoms with Crippen LogP contribution < -0.4 is 16.0 Å². The number of likely N-dealkylation sites (tertiary alicyclic amines) is 2. The third-order valence-electron chi connectivity index (χ3n) is 10.0. The van der Waals surface area contributed by atoms with Gasteiger partial charge in [-0.05, 0) is 110 Å². The summed E-state index contributed by atoms with van der Waals surface area (Å²) < 4.78 is 10.9. The number of nitrogens with zero attached hydrogens (tertiary/aromatic N) is 3. The Kier molecular flexibility index (Phi) is 14.3. The van der Waals surface area contributed by atoms with Gasteiger partial charge in [0.25, 0.3) is 0 Å². The number of aromatic amines is 1. The molecule has 0 aliphatic carbocycles. The van der Waals surface area contributed by atoms with Crippen LogP contribution in [0.1, 0.15) is 134 Å². The van der Waals surface area contributed by atoms with E-state index < -0.39 is 47.7 Å². The molecule has 0 saturated carbocycles. The minimum absolute atomic E-state index is 0.173. The first-order valence-electron chi connectivity index (χ1n) is 20.2. The number of amides is 4. The van der Waals surface area contributed by atoms with Crippen LogP contribution >= 0.6 is 0 Å². The van der Waals surface area contributed by atoms with E-state index in [1.807, 2.05) is 68.4 Å². The molecule has 2 aromatic carbocycles. The van der Waals surface area contributed by atoms with Gasteiger partial charge in [0.05, 0.1) is 30.4 Å². The van der Waals surface area contributed by atoms with Gasteiger partial charge in [0.15, 0.2) is 0 Å². The van der Waals surface area contributed by atoms with Crippen molar-refractivity contribution in [3.8, 4) is 11.8 Å². The highest BCUT2D eigenvalue weighted by Gasteiger charge is 2.40. The van der Waals surface area contributed by atoms with Gasteiger partial charge in [0, 0.05) is 18.7 Å². The van der Waals surface area contributed by atoms with Crippen LogP contribution in [0, 0.1) is 11.8 Å². The second-order valence-electron chi connectivity index (χ2n) is 16.9. The number of carbonyl (C=O) groups is 4. The van der Waals surface area contributed by atoms with E-state index in [-0.39, 0.29) is 23.9 Å². The van der Waals surface area contributed by atoms with Crippen molar-refractivity contribution < 1.29 is 33.8 Å². The van der Waals surface area contributed by atoms with Crippen LogP contribution in [0.25, 0.3) is 0 Å². The first kappa shape index (κ1) is 43.7. The Morgan fingerprint density at radius 3 is 2.14 bits per heavy atom. The minimum Gasteiger partial charge on any atom is -0.444 e. The van der Waals surface area contributed by atoms with Crippen LogP contribution in [0.15, 0.2) is 60.8 Å². The SMILES string of the molecule is CCC(NC(=O)OC(C)(C)C)C(=O)N1CCCC1c1ncc(C#Cc2ccc(C(C)NC(=O)C3CCCN3C(O)C(NC(=O)OC(C)(C)C)c3ccccc3)cc2)[nH]1. The molecule has 5 N–H and O–H groups in total. The van der Waals surface area contributed by atoms with Crippen molar-refractivity contribution in [2.45, 2.75) is 135 Å². The number of carbonyl (C=O) groups excluding carboxylic acids is 4. The summed E-state index contributed by atoms with van der Waals surface area (Å²) in [5, 5.41) is 20.3. The Labute approximate surface area is 341 Å². The standard InChI is InChI=1S/C44H59N7O7/c1-9-33(48-41(55)57-43(3,4)5)39(53)50-25-13-17-34(50)37-45-27-32(47-37)24-21-29-19-22-30(23-20-29)28(2)46-38(52)35-18-14-26-51(35)40(54)36(31-15-11-10-12-16-31)49-42(56)58-44(6,7)8/h10-12,15-16,19-20,22-23,27-28,33-36,40,54H,9,13-14,17-18,25-26H2,1-8H3,(H,45,47)(H,46,52)(H,48,55)(H,49,56). The number of aliphatic hydroxyl groups excluding tert-OH is 1. The van der Waals surface area contributed by atoms with E-state index in [4.69, 9.17) is 9.47 Å². The van der Waals surface area contributed by atoms with Gasteiger partial charge in [-0.3, -0.25) is 14.5 Å². The molecule has 4 amide bonds. The molecule has 3 heterocycles. The zero-order chi connectivity index (χ0) is 42.2. The quantitative estimate of drug-likeness (QED) is 0.146. The number of benzene rings is 2. The molecule has 2 fully saturated rings. The lowest BCUT2D eigenvalue weighted by Gasteiger charge is -2.35. The fraction of sp³-hybridized carbons (Fsp3) is 0.523. The highest BCUT2D eigenvalue weighted by atomic mass is 16.6. The molecule has 14 nitrogen and oxygen atoms in total. The Morgan fingerprint density at radius 2 is 1.50 bits per heavy atom. The Balaban J connectivity index is 1.18. The summed E-state index contributed by atoms with van der Waals surface area (Å²) in [5.41, 5.74) is 1.57. The summed E-state index contributed by atoms with van der Waals surface area (Å²) in [7, 11) is 0. The maximum Gasteiger partial charge on any atom is 0.408 e. The van der Waals surface area contributed by atoms with Crippen molar-refractivity contribution in [2.24, 2.45) is 0 Å². The third-order valence-corrected chi connectivity index (χ3v) is 10.0. The fourth-order valence-corrected chi connectivity index (χ4v) is 7.26. The smallest absolute Gasteiger partial charge is 0.408 e. The number of rotatable bonds is 11.